The summed E-state index contributed by atoms with van der Waals surface area (Å²) in [6.45, 7) is 0.411. The predicted molar refractivity (Wildman–Crippen MR) is 116 cm³/mol. The first-order chi connectivity index (χ1) is 15.2. The molecule has 7 nitrogen and oxygen atoms in total. The Morgan fingerprint density at radius 3 is 2.61 bits per heavy atom. The first-order valence-electron chi connectivity index (χ1n) is 9.91. The fourth-order valence-corrected chi connectivity index (χ4v) is 4.16. The van der Waals surface area contributed by atoms with Gasteiger partial charge >= 0.3 is 6.18 Å². The van der Waals surface area contributed by atoms with Crippen LogP contribution in [0.1, 0.15) is 18.0 Å². The van der Waals surface area contributed by atoms with Crippen molar-refractivity contribution < 1.29 is 22.7 Å². The normalized spacial score (nSPS) is 18.0. The summed E-state index contributed by atoms with van der Waals surface area (Å²) in [7, 11) is 0. The van der Waals surface area contributed by atoms with Gasteiger partial charge in [-0.15, -0.1) is 22.6 Å². The van der Waals surface area contributed by atoms with Crippen LogP contribution < -0.4 is 5.73 Å². The summed E-state index contributed by atoms with van der Waals surface area (Å²) in [5.41, 5.74) is 6.87. The van der Waals surface area contributed by atoms with Gasteiger partial charge in [0.15, 0.2) is 23.0 Å². The number of likely N-dealkylation sites (tertiary alicyclic amines) is 1. The molecule has 1 aliphatic heterocycles. The maximum atomic E-state index is 14.0. The number of halogens is 5. The van der Waals surface area contributed by atoms with E-state index in [0.29, 0.717) is 28.7 Å². The summed E-state index contributed by atoms with van der Waals surface area (Å²) in [6.07, 6.45) is -2.63. The second kappa shape index (κ2) is 8.40. The molecule has 1 saturated heterocycles. The van der Waals surface area contributed by atoms with E-state index in [1.165, 1.54) is 33.7 Å². The number of fused-ring (bicyclic) bond motifs is 2. The number of phenolic OH excluding ortho intramolecular Hbond substituents is 1. The molecule has 4 aromatic rings. The number of nitrogens with two attached hydrogens (primary N) is 1. The summed E-state index contributed by atoms with van der Waals surface area (Å²) in [6, 6.07) is 6.26. The topological polar surface area (TPSA) is 92.6 Å². The Morgan fingerprint density at radius 1 is 1.12 bits per heavy atom. The van der Waals surface area contributed by atoms with Gasteiger partial charge in [0, 0.05) is 36.8 Å². The minimum atomic E-state index is -4.49. The van der Waals surface area contributed by atoms with E-state index in [4.69, 9.17) is 5.73 Å². The van der Waals surface area contributed by atoms with Gasteiger partial charge in [-0.2, -0.15) is 13.2 Å². The molecular weight excluding hydrogens is 464 g/mol. The molecular formula is C21H19ClF4N6O. The molecule has 1 fully saturated rings. The lowest BCUT2D eigenvalue weighted by Crippen LogP contribution is -2.38. The predicted octanol–water partition coefficient (Wildman–Crippen LogP) is 3.85. The Hall–Kier alpha value is -3.02. The highest BCUT2D eigenvalue weighted by molar-refractivity contribution is 5.85. The molecule has 0 spiro atoms. The Labute approximate surface area is 191 Å². The van der Waals surface area contributed by atoms with Crippen molar-refractivity contribution in [3.8, 4) is 17.3 Å². The average Bonchev–Trinajstić information content (AvgIpc) is 3.34. The number of benzene rings is 1. The molecule has 33 heavy (non-hydrogen) atoms. The lowest BCUT2D eigenvalue weighted by atomic mass is 10.1. The minimum Gasteiger partial charge on any atom is -0.505 e. The molecule has 1 aromatic carbocycles. The fraction of sp³-hybridized carbons (Fsp3) is 0.286. The molecule has 5 rings (SSSR count). The quantitative estimate of drug-likeness (QED) is 0.431. The molecule has 12 heteroatoms. The molecule has 2 atom stereocenters. The third-order valence-electron chi connectivity index (χ3n) is 5.66. The number of hydrogen-bond acceptors (Lipinski definition) is 6. The molecule has 3 N–H and O–H groups in total. The maximum Gasteiger partial charge on any atom is 0.408 e. The lowest BCUT2D eigenvalue weighted by Gasteiger charge is -2.30. The average molecular weight is 483 g/mol. The van der Waals surface area contributed by atoms with Crippen LogP contribution in [0, 0.1) is 5.82 Å². The Kier molecular flexibility index (Phi) is 5.89. The van der Waals surface area contributed by atoms with Crippen molar-refractivity contribution in [2.75, 3.05) is 13.1 Å². The minimum absolute atomic E-state index is 0. The van der Waals surface area contributed by atoms with Crippen LogP contribution in [0.3, 0.4) is 0 Å². The van der Waals surface area contributed by atoms with E-state index in [1.807, 2.05) is 0 Å². The van der Waals surface area contributed by atoms with Gasteiger partial charge in [-0.3, -0.25) is 9.30 Å². The smallest absolute Gasteiger partial charge is 0.408 e. The Bertz CT molecular complexity index is 1330. The van der Waals surface area contributed by atoms with Gasteiger partial charge in [0.2, 0.25) is 0 Å². The lowest BCUT2D eigenvalue weighted by molar-refractivity contribution is -0.183. The summed E-state index contributed by atoms with van der Waals surface area (Å²) >= 11 is 0. The largest absolute Gasteiger partial charge is 0.505 e. The second-order valence-corrected chi connectivity index (χ2v) is 7.89. The number of aromatic hydroxyl groups is 1. The molecule has 0 amide bonds. The van der Waals surface area contributed by atoms with Crippen molar-refractivity contribution in [1.82, 2.24) is 24.5 Å². The summed E-state index contributed by atoms with van der Waals surface area (Å²) in [4.78, 5) is 5.72. The number of aromatic nitrogens is 4. The van der Waals surface area contributed by atoms with Crippen LogP contribution in [0.2, 0.25) is 0 Å². The zero-order valence-corrected chi connectivity index (χ0v) is 17.8. The summed E-state index contributed by atoms with van der Waals surface area (Å²) in [5, 5.41) is 18.2. The first kappa shape index (κ1) is 23.1. The van der Waals surface area contributed by atoms with E-state index < -0.39 is 23.8 Å². The number of pyridine rings is 2. The van der Waals surface area contributed by atoms with Crippen molar-refractivity contribution in [1.29, 1.82) is 0 Å². The number of rotatable bonds is 3. The van der Waals surface area contributed by atoms with E-state index in [0.717, 1.165) is 6.07 Å². The molecule has 1 aliphatic rings. The van der Waals surface area contributed by atoms with E-state index in [1.54, 1.807) is 12.1 Å². The number of phenols is 1. The molecule has 0 radical (unpaired) electrons. The van der Waals surface area contributed by atoms with Crippen molar-refractivity contribution in [3.63, 3.8) is 0 Å². The summed E-state index contributed by atoms with van der Waals surface area (Å²) < 4.78 is 57.0. The van der Waals surface area contributed by atoms with Crippen LogP contribution in [0.5, 0.6) is 5.75 Å². The highest BCUT2D eigenvalue weighted by atomic mass is 35.5. The van der Waals surface area contributed by atoms with E-state index in [2.05, 4.69) is 15.2 Å². The van der Waals surface area contributed by atoms with Crippen LogP contribution in [0.15, 0.2) is 42.6 Å². The fourth-order valence-electron chi connectivity index (χ4n) is 4.16. The SMILES string of the molecule is Cl.NC1CCN([C@H](c2ccc3nnc(-c4ccc5cc(F)c(O)cc5n4)n3c2)C(F)(F)F)C1. The highest BCUT2D eigenvalue weighted by Gasteiger charge is 2.46. The van der Waals surface area contributed by atoms with Crippen LogP contribution >= 0.6 is 12.4 Å². The number of nitrogens with zero attached hydrogens (tertiary/aromatic N) is 5. The van der Waals surface area contributed by atoms with Crippen molar-refractivity contribution in [2.24, 2.45) is 5.73 Å². The number of hydrogen-bond donors (Lipinski definition) is 2. The third kappa shape index (κ3) is 4.19. The maximum absolute atomic E-state index is 14.0. The van der Waals surface area contributed by atoms with Crippen molar-refractivity contribution >= 4 is 29.0 Å². The van der Waals surface area contributed by atoms with E-state index in [-0.39, 0.29) is 42.9 Å². The third-order valence-corrected chi connectivity index (χ3v) is 5.66. The summed E-state index contributed by atoms with van der Waals surface area (Å²) in [5.74, 6) is -1.09. The molecule has 0 saturated carbocycles. The highest BCUT2D eigenvalue weighted by Crippen LogP contribution is 2.39. The molecule has 3 aromatic heterocycles. The van der Waals surface area contributed by atoms with Gasteiger partial charge in [-0.05, 0) is 30.2 Å². The van der Waals surface area contributed by atoms with E-state index in [9.17, 15) is 22.7 Å². The molecule has 4 heterocycles. The van der Waals surface area contributed by atoms with Crippen molar-refractivity contribution in [3.05, 3.63) is 54.0 Å². The van der Waals surface area contributed by atoms with Gasteiger partial charge in [0.1, 0.15) is 11.7 Å². The molecule has 1 unspecified atom stereocenters. The van der Waals surface area contributed by atoms with Crippen LogP contribution in [0.4, 0.5) is 17.6 Å². The Balaban J connectivity index is 0.00000259. The standard InChI is InChI=1S/C21H18F4N6O.ClH/c22-14-7-11-1-3-15(27-16(11)8-17(14)32)20-29-28-18-4-2-12(9-31(18)20)19(21(23,24)25)30-6-5-13(26)10-30;/h1-4,7-9,13,19,32H,5-6,10,26H2;1H/t13?,19-;/m1./s1. The van der Waals surface area contributed by atoms with Gasteiger partial charge in [-0.25, -0.2) is 9.37 Å². The van der Waals surface area contributed by atoms with Crippen LogP contribution in [-0.2, 0) is 0 Å². The van der Waals surface area contributed by atoms with Gasteiger partial charge < -0.3 is 10.8 Å². The van der Waals surface area contributed by atoms with Gasteiger partial charge in [0.25, 0.3) is 0 Å². The van der Waals surface area contributed by atoms with Gasteiger partial charge in [-0.1, -0.05) is 12.1 Å². The second-order valence-electron chi connectivity index (χ2n) is 7.89. The van der Waals surface area contributed by atoms with Crippen LogP contribution in [-0.4, -0.2) is 54.9 Å². The van der Waals surface area contributed by atoms with Crippen LogP contribution in [0.25, 0.3) is 28.1 Å². The van der Waals surface area contributed by atoms with E-state index >= 15 is 0 Å². The molecule has 0 aliphatic carbocycles. The zero-order chi connectivity index (χ0) is 22.6. The molecule has 174 valence electrons. The Morgan fingerprint density at radius 2 is 1.91 bits per heavy atom. The number of alkyl halides is 3. The monoisotopic (exact) mass is 482 g/mol. The molecule has 0 bridgehead atoms. The van der Waals surface area contributed by atoms with Gasteiger partial charge in [0.05, 0.1) is 5.52 Å². The zero-order valence-electron chi connectivity index (χ0n) is 17.0. The van der Waals surface area contributed by atoms with Crippen molar-refractivity contribution in [2.45, 2.75) is 24.7 Å². The first-order valence-corrected chi connectivity index (χ1v) is 9.91.